The second kappa shape index (κ2) is 7.77. The first-order valence-electron chi connectivity index (χ1n) is 9.32. The van der Waals surface area contributed by atoms with Crippen LogP contribution in [0.4, 0.5) is 0 Å². The summed E-state index contributed by atoms with van der Waals surface area (Å²) in [5.41, 5.74) is 1.92. The zero-order chi connectivity index (χ0) is 17.8. The van der Waals surface area contributed by atoms with E-state index in [1.54, 1.807) is 6.07 Å². The lowest BCUT2D eigenvalue weighted by atomic mass is 9.95. The molecule has 1 N–H and O–H groups in total. The molecule has 134 valence electrons. The molecule has 1 aromatic carbocycles. The van der Waals surface area contributed by atoms with Crippen molar-refractivity contribution in [1.29, 1.82) is 0 Å². The SMILES string of the molecule is CC(C)n1cccc1C(=O)N1CCCC[C@@H]1CCc1cccc(O)c1. The number of hydrogen-bond acceptors (Lipinski definition) is 2. The van der Waals surface area contributed by atoms with Gasteiger partial charge in [-0.25, -0.2) is 0 Å². The molecule has 0 spiro atoms. The van der Waals surface area contributed by atoms with Crippen LogP contribution in [0, 0.1) is 0 Å². The average molecular weight is 340 g/mol. The number of benzene rings is 1. The van der Waals surface area contributed by atoms with Crippen molar-refractivity contribution in [2.45, 2.75) is 58.0 Å². The van der Waals surface area contributed by atoms with Gasteiger partial charge in [0.05, 0.1) is 0 Å². The second-order valence-electron chi connectivity index (χ2n) is 7.25. The summed E-state index contributed by atoms with van der Waals surface area (Å²) in [7, 11) is 0. The van der Waals surface area contributed by atoms with E-state index in [0.717, 1.165) is 43.5 Å². The van der Waals surface area contributed by atoms with E-state index >= 15 is 0 Å². The first-order valence-corrected chi connectivity index (χ1v) is 9.32. The molecule has 4 nitrogen and oxygen atoms in total. The Hall–Kier alpha value is -2.23. The molecule has 3 rings (SSSR count). The molecule has 0 unspecified atom stereocenters. The van der Waals surface area contributed by atoms with Crippen molar-refractivity contribution in [3.8, 4) is 5.75 Å². The summed E-state index contributed by atoms with van der Waals surface area (Å²) in [5, 5.41) is 9.63. The molecule has 1 amide bonds. The van der Waals surface area contributed by atoms with Gasteiger partial charge < -0.3 is 14.6 Å². The lowest BCUT2D eigenvalue weighted by Crippen LogP contribution is -2.44. The van der Waals surface area contributed by atoms with Crippen molar-refractivity contribution in [3.05, 3.63) is 53.9 Å². The zero-order valence-corrected chi connectivity index (χ0v) is 15.2. The third-order valence-corrected chi connectivity index (χ3v) is 5.12. The largest absolute Gasteiger partial charge is 0.508 e. The number of piperidine rings is 1. The second-order valence-corrected chi connectivity index (χ2v) is 7.25. The molecule has 25 heavy (non-hydrogen) atoms. The van der Waals surface area contributed by atoms with Crippen molar-refractivity contribution in [3.63, 3.8) is 0 Å². The van der Waals surface area contributed by atoms with E-state index in [0.29, 0.717) is 5.75 Å². The minimum absolute atomic E-state index is 0.152. The van der Waals surface area contributed by atoms with E-state index in [1.807, 2.05) is 36.5 Å². The number of amides is 1. The number of rotatable bonds is 5. The van der Waals surface area contributed by atoms with E-state index in [9.17, 15) is 9.90 Å². The highest BCUT2D eigenvalue weighted by Crippen LogP contribution is 2.25. The first-order chi connectivity index (χ1) is 12.1. The van der Waals surface area contributed by atoms with Gasteiger partial charge in [0.2, 0.25) is 0 Å². The molecule has 0 bridgehead atoms. The van der Waals surface area contributed by atoms with Gasteiger partial charge in [0.1, 0.15) is 11.4 Å². The van der Waals surface area contributed by atoms with Gasteiger partial charge in [-0.05, 0) is 75.8 Å². The van der Waals surface area contributed by atoms with E-state index in [4.69, 9.17) is 0 Å². The van der Waals surface area contributed by atoms with Crippen LogP contribution in [-0.2, 0) is 6.42 Å². The van der Waals surface area contributed by atoms with E-state index in [-0.39, 0.29) is 18.0 Å². The van der Waals surface area contributed by atoms with Crippen LogP contribution in [0.3, 0.4) is 0 Å². The molecule has 1 saturated heterocycles. The van der Waals surface area contributed by atoms with Gasteiger partial charge in [0.25, 0.3) is 5.91 Å². The molecule has 1 aliphatic heterocycles. The standard InChI is InChI=1S/C21H28N2O2/c1-16(2)22-14-6-10-20(22)21(25)23-13-4-3-8-18(23)12-11-17-7-5-9-19(24)15-17/h5-7,9-10,14-16,18,24H,3-4,8,11-13H2,1-2H3/t18-/m1/s1. The van der Waals surface area contributed by atoms with Crippen molar-refractivity contribution < 1.29 is 9.90 Å². The van der Waals surface area contributed by atoms with Gasteiger partial charge in [-0.3, -0.25) is 4.79 Å². The molecule has 1 aliphatic rings. The molecule has 0 aliphatic carbocycles. The number of phenolic OH excluding ortho intramolecular Hbond substituents is 1. The Bertz CT molecular complexity index is 720. The minimum atomic E-state index is 0.152. The summed E-state index contributed by atoms with van der Waals surface area (Å²) in [6, 6.07) is 11.9. The van der Waals surface area contributed by atoms with Gasteiger partial charge in [-0.1, -0.05) is 12.1 Å². The van der Waals surface area contributed by atoms with Crippen LogP contribution in [0.2, 0.25) is 0 Å². The number of aryl methyl sites for hydroxylation is 1. The zero-order valence-electron chi connectivity index (χ0n) is 15.2. The third kappa shape index (κ3) is 4.06. The quantitative estimate of drug-likeness (QED) is 0.877. The van der Waals surface area contributed by atoms with Gasteiger partial charge in [-0.2, -0.15) is 0 Å². The maximum atomic E-state index is 13.1. The molecular weight excluding hydrogens is 312 g/mol. The Morgan fingerprint density at radius 1 is 1.24 bits per heavy atom. The Labute approximate surface area is 150 Å². The fraction of sp³-hybridized carbons (Fsp3) is 0.476. The van der Waals surface area contributed by atoms with Gasteiger partial charge >= 0.3 is 0 Å². The Morgan fingerprint density at radius 3 is 2.84 bits per heavy atom. The Balaban J connectivity index is 1.72. The van der Waals surface area contributed by atoms with Gasteiger partial charge in [0.15, 0.2) is 0 Å². The lowest BCUT2D eigenvalue weighted by Gasteiger charge is -2.36. The number of carbonyl (C=O) groups excluding carboxylic acids is 1. The van der Waals surface area contributed by atoms with Crippen LogP contribution >= 0.6 is 0 Å². The fourth-order valence-corrected chi connectivity index (χ4v) is 3.79. The predicted octanol–water partition coefficient (Wildman–Crippen LogP) is 4.40. The molecule has 1 atom stereocenters. The van der Waals surface area contributed by atoms with Crippen molar-refractivity contribution >= 4 is 5.91 Å². The van der Waals surface area contributed by atoms with Crippen LogP contribution in [0.15, 0.2) is 42.6 Å². The molecule has 0 saturated carbocycles. The van der Waals surface area contributed by atoms with Crippen LogP contribution in [-0.4, -0.2) is 33.1 Å². The number of carbonyl (C=O) groups is 1. The molecule has 4 heteroatoms. The predicted molar refractivity (Wildman–Crippen MR) is 99.9 cm³/mol. The van der Waals surface area contributed by atoms with E-state index < -0.39 is 0 Å². The Morgan fingerprint density at radius 2 is 2.08 bits per heavy atom. The van der Waals surface area contributed by atoms with Crippen LogP contribution in [0.1, 0.15) is 61.6 Å². The molecule has 1 fully saturated rings. The van der Waals surface area contributed by atoms with Gasteiger partial charge in [-0.15, -0.1) is 0 Å². The highest BCUT2D eigenvalue weighted by Gasteiger charge is 2.28. The summed E-state index contributed by atoms with van der Waals surface area (Å²) < 4.78 is 2.06. The van der Waals surface area contributed by atoms with Crippen molar-refractivity contribution in [2.75, 3.05) is 6.54 Å². The summed E-state index contributed by atoms with van der Waals surface area (Å²) in [6.45, 7) is 5.05. The maximum Gasteiger partial charge on any atom is 0.270 e. The topological polar surface area (TPSA) is 45.5 Å². The van der Waals surface area contributed by atoms with Gasteiger partial charge in [0, 0.05) is 24.8 Å². The number of aromatic nitrogens is 1. The van der Waals surface area contributed by atoms with Crippen LogP contribution in [0.25, 0.3) is 0 Å². The van der Waals surface area contributed by atoms with Crippen molar-refractivity contribution in [2.24, 2.45) is 0 Å². The summed E-state index contributed by atoms with van der Waals surface area (Å²) in [5.74, 6) is 0.461. The third-order valence-electron chi connectivity index (χ3n) is 5.12. The molecule has 0 radical (unpaired) electrons. The van der Waals surface area contributed by atoms with Crippen LogP contribution in [0.5, 0.6) is 5.75 Å². The monoisotopic (exact) mass is 340 g/mol. The van der Waals surface area contributed by atoms with Crippen molar-refractivity contribution in [1.82, 2.24) is 9.47 Å². The normalized spacial score (nSPS) is 17.9. The summed E-state index contributed by atoms with van der Waals surface area (Å²) in [4.78, 5) is 15.2. The lowest BCUT2D eigenvalue weighted by molar-refractivity contribution is 0.0589. The number of hydrogen-bond donors (Lipinski definition) is 1. The maximum absolute atomic E-state index is 13.1. The minimum Gasteiger partial charge on any atom is -0.508 e. The molecule has 1 aromatic heterocycles. The molecular formula is C21H28N2O2. The smallest absolute Gasteiger partial charge is 0.270 e. The fourth-order valence-electron chi connectivity index (χ4n) is 3.79. The Kier molecular flexibility index (Phi) is 5.47. The number of nitrogens with zero attached hydrogens (tertiary/aromatic N) is 2. The molecule has 2 heterocycles. The van der Waals surface area contributed by atoms with E-state index in [2.05, 4.69) is 23.3 Å². The first kappa shape index (κ1) is 17.6. The number of phenols is 1. The highest BCUT2D eigenvalue weighted by atomic mass is 16.3. The van der Waals surface area contributed by atoms with Crippen LogP contribution < -0.4 is 0 Å². The highest BCUT2D eigenvalue weighted by molar-refractivity contribution is 5.93. The number of likely N-dealkylation sites (tertiary alicyclic amines) is 1. The summed E-state index contributed by atoms with van der Waals surface area (Å²) in [6.07, 6.45) is 7.14. The molecule has 2 aromatic rings. The summed E-state index contributed by atoms with van der Waals surface area (Å²) >= 11 is 0. The average Bonchev–Trinajstić information content (AvgIpc) is 3.10. The number of aromatic hydroxyl groups is 1. The van der Waals surface area contributed by atoms with E-state index in [1.165, 1.54) is 6.42 Å².